The number of aliphatic carboxylic acids is 1. The molecule has 5 N–H and O–H groups in total. The SMILES string of the molecule is CCC[C@H](NC(=O)NC[C@@H](NC(=O)CCCNC(=O)c1ccc(-c2ccccc2)cc1F)OC=O)C(=O)O. The van der Waals surface area contributed by atoms with E-state index in [1.165, 1.54) is 12.1 Å². The van der Waals surface area contributed by atoms with Crippen molar-refractivity contribution in [1.82, 2.24) is 21.3 Å². The van der Waals surface area contributed by atoms with E-state index in [0.717, 1.165) is 5.56 Å². The normalized spacial score (nSPS) is 11.9. The van der Waals surface area contributed by atoms with E-state index in [-0.39, 0.29) is 44.4 Å². The number of carbonyl (C=O) groups excluding carboxylic acids is 4. The van der Waals surface area contributed by atoms with E-state index in [1.807, 2.05) is 30.3 Å². The first-order valence-corrected chi connectivity index (χ1v) is 12.0. The molecule has 0 heterocycles. The summed E-state index contributed by atoms with van der Waals surface area (Å²) in [5.74, 6) is -3.00. The summed E-state index contributed by atoms with van der Waals surface area (Å²) >= 11 is 0. The third-order valence-electron chi connectivity index (χ3n) is 5.36. The van der Waals surface area contributed by atoms with Gasteiger partial charge in [0.15, 0.2) is 6.23 Å². The molecule has 0 radical (unpaired) electrons. The number of ether oxygens (including phenoxy) is 1. The largest absolute Gasteiger partial charge is 0.480 e. The molecule has 0 unspecified atom stereocenters. The van der Waals surface area contributed by atoms with Crippen molar-refractivity contribution in [3.05, 3.63) is 59.9 Å². The second kappa shape index (κ2) is 15.6. The predicted molar refractivity (Wildman–Crippen MR) is 135 cm³/mol. The van der Waals surface area contributed by atoms with Gasteiger partial charge in [-0.1, -0.05) is 49.7 Å². The van der Waals surface area contributed by atoms with E-state index >= 15 is 0 Å². The zero-order valence-corrected chi connectivity index (χ0v) is 20.9. The van der Waals surface area contributed by atoms with Crippen LogP contribution in [0.1, 0.15) is 43.0 Å². The Labute approximate surface area is 219 Å². The van der Waals surface area contributed by atoms with Crippen LogP contribution in [0.3, 0.4) is 0 Å². The van der Waals surface area contributed by atoms with Crippen LogP contribution in [0.5, 0.6) is 0 Å². The van der Waals surface area contributed by atoms with Gasteiger partial charge in [0.2, 0.25) is 5.91 Å². The Kier molecular flexibility index (Phi) is 12.2. The Hall–Kier alpha value is -4.48. The van der Waals surface area contributed by atoms with Crippen LogP contribution in [-0.4, -0.2) is 60.8 Å². The monoisotopic (exact) mass is 530 g/mol. The van der Waals surface area contributed by atoms with Gasteiger partial charge in [0, 0.05) is 13.0 Å². The molecular weight excluding hydrogens is 499 g/mol. The molecule has 11 nitrogen and oxygen atoms in total. The van der Waals surface area contributed by atoms with Crippen LogP contribution < -0.4 is 21.3 Å². The average molecular weight is 531 g/mol. The maximum absolute atomic E-state index is 14.5. The molecule has 0 aliphatic rings. The number of carboxylic acids is 1. The number of urea groups is 1. The van der Waals surface area contributed by atoms with E-state index in [9.17, 15) is 28.4 Å². The van der Waals surface area contributed by atoms with Gasteiger partial charge in [0.05, 0.1) is 12.1 Å². The maximum atomic E-state index is 14.5. The van der Waals surface area contributed by atoms with Crippen LogP contribution in [0.2, 0.25) is 0 Å². The Bertz CT molecular complexity index is 1110. The third kappa shape index (κ3) is 9.88. The molecule has 0 aliphatic heterocycles. The van der Waals surface area contributed by atoms with E-state index in [1.54, 1.807) is 13.0 Å². The summed E-state index contributed by atoms with van der Waals surface area (Å²) in [6.07, 6.45) is -0.263. The molecule has 2 atom stereocenters. The minimum atomic E-state index is -1.19. The van der Waals surface area contributed by atoms with Gasteiger partial charge in [-0.25, -0.2) is 14.0 Å². The number of nitrogens with one attached hydrogen (secondary N) is 4. The number of hydrogen-bond acceptors (Lipinski definition) is 6. The number of rotatable bonds is 15. The van der Waals surface area contributed by atoms with E-state index in [0.29, 0.717) is 12.0 Å². The molecule has 12 heteroatoms. The highest BCUT2D eigenvalue weighted by Crippen LogP contribution is 2.21. The van der Waals surface area contributed by atoms with E-state index < -0.39 is 41.9 Å². The highest BCUT2D eigenvalue weighted by Gasteiger charge is 2.20. The zero-order chi connectivity index (χ0) is 27.9. The molecule has 0 aliphatic carbocycles. The molecule has 38 heavy (non-hydrogen) atoms. The maximum Gasteiger partial charge on any atom is 0.326 e. The van der Waals surface area contributed by atoms with Crippen LogP contribution in [0.25, 0.3) is 11.1 Å². The first kappa shape index (κ1) is 29.7. The average Bonchev–Trinajstić information content (AvgIpc) is 2.90. The third-order valence-corrected chi connectivity index (χ3v) is 5.36. The van der Waals surface area contributed by atoms with Crippen molar-refractivity contribution in [2.45, 2.75) is 44.9 Å². The molecule has 2 aromatic carbocycles. The van der Waals surface area contributed by atoms with Gasteiger partial charge in [-0.05, 0) is 36.1 Å². The van der Waals surface area contributed by atoms with Crippen molar-refractivity contribution in [2.24, 2.45) is 0 Å². The molecule has 0 spiro atoms. The molecule has 4 amide bonds. The van der Waals surface area contributed by atoms with Crippen LogP contribution in [-0.2, 0) is 19.1 Å². The lowest BCUT2D eigenvalue weighted by molar-refractivity contribution is -0.139. The quantitative estimate of drug-likeness (QED) is 0.134. The van der Waals surface area contributed by atoms with Gasteiger partial charge in [-0.2, -0.15) is 0 Å². The van der Waals surface area contributed by atoms with Crippen molar-refractivity contribution < 1.29 is 38.2 Å². The number of carboxylic acid groups (broad SMARTS) is 1. The molecule has 0 saturated carbocycles. The van der Waals surface area contributed by atoms with Crippen LogP contribution >= 0.6 is 0 Å². The van der Waals surface area contributed by atoms with Crippen LogP contribution in [0.4, 0.5) is 9.18 Å². The molecule has 204 valence electrons. The summed E-state index contributed by atoms with van der Waals surface area (Å²) in [4.78, 5) is 58.3. The lowest BCUT2D eigenvalue weighted by atomic mass is 10.0. The smallest absolute Gasteiger partial charge is 0.326 e. The van der Waals surface area contributed by atoms with Crippen molar-refractivity contribution in [3.8, 4) is 11.1 Å². The summed E-state index contributed by atoms with van der Waals surface area (Å²) in [7, 11) is 0. The first-order chi connectivity index (χ1) is 18.2. The highest BCUT2D eigenvalue weighted by atomic mass is 19.1. The fourth-order valence-electron chi connectivity index (χ4n) is 3.45. The Balaban J connectivity index is 1.76. The summed E-state index contributed by atoms with van der Waals surface area (Å²) in [6, 6.07) is 11.6. The Morgan fingerprint density at radius 1 is 1.03 bits per heavy atom. The van der Waals surface area contributed by atoms with Crippen molar-refractivity contribution in [1.29, 1.82) is 0 Å². The van der Waals surface area contributed by atoms with E-state index in [4.69, 9.17) is 9.84 Å². The highest BCUT2D eigenvalue weighted by molar-refractivity contribution is 5.95. The molecule has 2 rings (SSSR count). The standard InChI is InChI=1S/C26H31FN4O7/c1-2-7-21(25(35)36)30-26(37)29-15-23(38-16-32)31-22(33)10-6-13-28-24(34)19-12-11-18(14-20(19)27)17-8-4-3-5-9-17/h3-5,8-9,11-12,14,16,21,23H,2,6-7,10,13,15H2,1H3,(H,28,34)(H,31,33)(H,35,36)(H2,29,30,37)/t21-,23-/m0/s1. The number of carbonyl (C=O) groups is 5. The number of amides is 4. The zero-order valence-electron chi connectivity index (χ0n) is 20.9. The summed E-state index contributed by atoms with van der Waals surface area (Å²) in [5, 5.41) is 18.6. The Morgan fingerprint density at radius 3 is 2.39 bits per heavy atom. The van der Waals surface area contributed by atoms with Crippen molar-refractivity contribution >= 4 is 30.3 Å². The summed E-state index contributed by atoms with van der Waals surface area (Å²) < 4.78 is 19.2. The van der Waals surface area contributed by atoms with E-state index in [2.05, 4.69) is 21.3 Å². The molecule has 2 aromatic rings. The second-order valence-electron chi connectivity index (χ2n) is 8.24. The van der Waals surface area contributed by atoms with Crippen LogP contribution in [0, 0.1) is 5.82 Å². The van der Waals surface area contributed by atoms with Gasteiger partial charge in [-0.3, -0.25) is 14.4 Å². The molecular formula is C26H31FN4O7. The minimum Gasteiger partial charge on any atom is -0.480 e. The predicted octanol–water partition coefficient (Wildman–Crippen LogP) is 2.17. The summed E-state index contributed by atoms with van der Waals surface area (Å²) in [5.41, 5.74) is 1.33. The minimum absolute atomic E-state index is 0.0573. The topological polar surface area (TPSA) is 163 Å². The van der Waals surface area contributed by atoms with Gasteiger partial charge in [0.1, 0.15) is 11.9 Å². The first-order valence-electron chi connectivity index (χ1n) is 12.0. The number of halogens is 1. The second-order valence-corrected chi connectivity index (χ2v) is 8.24. The summed E-state index contributed by atoms with van der Waals surface area (Å²) in [6.45, 7) is 1.65. The fourth-order valence-corrected chi connectivity index (χ4v) is 3.45. The molecule has 0 aromatic heterocycles. The number of benzene rings is 2. The van der Waals surface area contributed by atoms with Gasteiger partial charge in [0.25, 0.3) is 12.4 Å². The van der Waals surface area contributed by atoms with Gasteiger partial charge < -0.3 is 31.1 Å². The lowest BCUT2D eigenvalue weighted by Gasteiger charge is -2.19. The Morgan fingerprint density at radius 2 is 1.76 bits per heavy atom. The molecule has 0 saturated heterocycles. The van der Waals surface area contributed by atoms with Gasteiger partial charge >= 0.3 is 12.0 Å². The van der Waals surface area contributed by atoms with Crippen molar-refractivity contribution in [2.75, 3.05) is 13.1 Å². The molecule has 0 bridgehead atoms. The fraction of sp³-hybridized carbons (Fsp3) is 0.346. The van der Waals surface area contributed by atoms with Gasteiger partial charge in [-0.15, -0.1) is 0 Å². The lowest BCUT2D eigenvalue weighted by Crippen LogP contribution is -2.51. The number of hydrogen-bond donors (Lipinski definition) is 5. The van der Waals surface area contributed by atoms with Crippen molar-refractivity contribution in [3.63, 3.8) is 0 Å². The molecule has 0 fully saturated rings. The van der Waals surface area contributed by atoms with Crippen LogP contribution in [0.15, 0.2) is 48.5 Å².